The van der Waals surface area contributed by atoms with Gasteiger partial charge in [0.25, 0.3) is 5.91 Å². The van der Waals surface area contributed by atoms with E-state index in [1.54, 1.807) is 12.1 Å². The van der Waals surface area contributed by atoms with Crippen LogP contribution < -0.4 is 5.32 Å². The van der Waals surface area contributed by atoms with Gasteiger partial charge in [0, 0.05) is 18.8 Å². The van der Waals surface area contributed by atoms with Crippen LogP contribution in [-0.2, 0) is 10.0 Å². The number of sulfonamides is 1. The normalized spacial score (nSPS) is 16.7. The minimum absolute atomic E-state index is 0.0872. The molecule has 1 aromatic heterocycles. The predicted octanol–water partition coefficient (Wildman–Crippen LogP) is 3.61. The zero-order valence-electron chi connectivity index (χ0n) is 13.7. The number of carbonyl (C=O) groups excluding carboxylic acids is 1. The maximum atomic E-state index is 12.7. The molecule has 0 atom stereocenters. The predicted molar refractivity (Wildman–Crippen MR) is 95.3 cm³/mol. The monoisotopic (exact) mass is 382 g/mol. The Labute approximate surface area is 151 Å². The van der Waals surface area contributed by atoms with Crippen molar-refractivity contribution in [2.45, 2.75) is 24.7 Å². The lowest BCUT2D eigenvalue weighted by atomic mass is 10.0. The Morgan fingerprint density at radius 1 is 1.16 bits per heavy atom. The highest BCUT2D eigenvalue weighted by Crippen LogP contribution is 2.24. The smallest absolute Gasteiger partial charge is 0.291 e. The fourth-order valence-corrected chi connectivity index (χ4v) is 4.33. The molecule has 8 heteroatoms. The molecular weight excluding hydrogens is 364 g/mol. The van der Waals surface area contributed by atoms with E-state index in [0.717, 1.165) is 12.8 Å². The SMILES string of the molecule is CC1CCN(S(=O)(=O)c2ccc(NC(=O)c3ccc(Cl)o3)cc2)CC1. The lowest BCUT2D eigenvalue weighted by Crippen LogP contribution is -2.37. The largest absolute Gasteiger partial charge is 0.440 e. The van der Waals surface area contributed by atoms with Gasteiger partial charge in [-0.25, -0.2) is 8.42 Å². The molecule has 25 heavy (non-hydrogen) atoms. The second kappa shape index (κ2) is 7.19. The van der Waals surface area contributed by atoms with Gasteiger partial charge in [-0.3, -0.25) is 4.79 Å². The molecule has 0 bridgehead atoms. The number of hydrogen-bond donors (Lipinski definition) is 1. The van der Waals surface area contributed by atoms with E-state index in [1.165, 1.54) is 28.6 Å². The number of anilines is 1. The summed E-state index contributed by atoms with van der Waals surface area (Å²) in [5.41, 5.74) is 0.476. The standard InChI is InChI=1S/C17H19ClN2O4S/c1-12-8-10-20(11-9-12)25(22,23)14-4-2-13(3-5-14)19-17(21)15-6-7-16(18)24-15/h2-7,12H,8-11H2,1H3,(H,19,21). The van der Waals surface area contributed by atoms with Crippen molar-refractivity contribution in [2.24, 2.45) is 5.92 Å². The number of rotatable bonds is 4. The lowest BCUT2D eigenvalue weighted by molar-refractivity contribution is 0.0997. The molecule has 2 aromatic rings. The van der Waals surface area contributed by atoms with Gasteiger partial charge in [0.05, 0.1) is 4.90 Å². The molecule has 2 heterocycles. The maximum absolute atomic E-state index is 12.7. The number of nitrogens with one attached hydrogen (secondary N) is 1. The van der Waals surface area contributed by atoms with Gasteiger partial charge in [-0.1, -0.05) is 6.92 Å². The van der Waals surface area contributed by atoms with Gasteiger partial charge in [0.2, 0.25) is 10.0 Å². The van der Waals surface area contributed by atoms with E-state index in [2.05, 4.69) is 12.2 Å². The van der Waals surface area contributed by atoms with Crippen LogP contribution in [-0.4, -0.2) is 31.7 Å². The van der Waals surface area contributed by atoms with Crippen LogP contribution in [0.25, 0.3) is 0 Å². The molecule has 1 fully saturated rings. The second-order valence-electron chi connectivity index (χ2n) is 6.17. The molecule has 1 aromatic carbocycles. The van der Waals surface area contributed by atoms with E-state index in [1.807, 2.05) is 0 Å². The third-order valence-corrected chi connectivity index (χ3v) is 6.41. The molecule has 134 valence electrons. The zero-order valence-corrected chi connectivity index (χ0v) is 15.3. The van der Waals surface area contributed by atoms with Crippen LogP contribution in [0.1, 0.15) is 30.3 Å². The number of carbonyl (C=O) groups is 1. The molecule has 0 saturated carbocycles. The molecule has 1 saturated heterocycles. The molecule has 0 unspecified atom stereocenters. The van der Waals surface area contributed by atoms with Gasteiger partial charge < -0.3 is 9.73 Å². The van der Waals surface area contributed by atoms with Crippen molar-refractivity contribution in [3.63, 3.8) is 0 Å². The first-order valence-electron chi connectivity index (χ1n) is 8.03. The first kappa shape index (κ1) is 18.0. The summed E-state index contributed by atoms with van der Waals surface area (Å²) in [6.07, 6.45) is 1.75. The number of amides is 1. The summed E-state index contributed by atoms with van der Waals surface area (Å²) in [5, 5.41) is 2.76. The molecule has 6 nitrogen and oxygen atoms in total. The molecule has 1 N–H and O–H groups in total. The summed E-state index contributed by atoms with van der Waals surface area (Å²) in [7, 11) is -3.49. The Bertz CT molecular complexity index is 853. The zero-order chi connectivity index (χ0) is 18.0. The maximum Gasteiger partial charge on any atom is 0.291 e. The topological polar surface area (TPSA) is 79.6 Å². The van der Waals surface area contributed by atoms with Gasteiger partial charge in [0.1, 0.15) is 0 Å². The lowest BCUT2D eigenvalue weighted by Gasteiger charge is -2.29. The minimum Gasteiger partial charge on any atom is -0.440 e. The van der Waals surface area contributed by atoms with Crippen molar-refractivity contribution < 1.29 is 17.6 Å². The summed E-state index contributed by atoms with van der Waals surface area (Å²) in [4.78, 5) is 12.2. The Hall–Kier alpha value is -1.83. The second-order valence-corrected chi connectivity index (χ2v) is 8.48. The average molecular weight is 383 g/mol. The van der Waals surface area contributed by atoms with E-state index in [4.69, 9.17) is 16.0 Å². The van der Waals surface area contributed by atoms with Gasteiger partial charge >= 0.3 is 0 Å². The van der Waals surface area contributed by atoms with Crippen LogP contribution >= 0.6 is 11.6 Å². The summed E-state index contributed by atoms with van der Waals surface area (Å²) >= 11 is 5.64. The molecule has 0 spiro atoms. The quantitative estimate of drug-likeness (QED) is 0.876. The molecular formula is C17H19ClN2O4S. The highest BCUT2D eigenvalue weighted by Gasteiger charge is 2.27. The average Bonchev–Trinajstić information content (AvgIpc) is 3.02. The van der Waals surface area contributed by atoms with Gasteiger partial charge in [-0.2, -0.15) is 4.31 Å². The van der Waals surface area contributed by atoms with Crippen molar-refractivity contribution in [3.05, 3.63) is 47.4 Å². The minimum atomic E-state index is -3.49. The van der Waals surface area contributed by atoms with Gasteiger partial charge in [0.15, 0.2) is 11.0 Å². The highest BCUT2D eigenvalue weighted by molar-refractivity contribution is 7.89. The van der Waals surface area contributed by atoms with Crippen molar-refractivity contribution in [1.82, 2.24) is 4.31 Å². The van der Waals surface area contributed by atoms with Crippen LogP contribution in [0.3, 0.4) is 0 Å². The Balaban J connectivity index is 1.70. The Morgan fingerprint density at radius 2 is 1.80 bits per heavy atom. The number of halogens is 1. The van der Waals surface area contributed by atoms with E-state index < -0.39 is 15.9 Å². The molecule has 1 amide bonds. The molecule has 1 aliphatic heterocycles. The third kappa shape index (κ3) is 4.05. The van der Waals surface area contributed by atoms with Gasteiger partial charge in [-0.05, 0) is 66.8 Å². The molecule has 1 aliphatic rings. The summed E-state index contributed by atoms with van der Waals surface area (Å²) in [5.74, 6) is 0.191. The van der Waals surface area contributed by atoms with Crippen molar-refractivity contribution in [3.8, 4) is 0 Å². The third-order valence-electron chi connectivity index (χ3n) is 4.29. The first-order chi connectivity index (χ1) is 11.9. The van der Waals surface area contributed by atoms with Crippen molar-refractivity contribution >= 4 is 33.2 Å². The molecule has 3 rings (SSSR count). The van der Waals surface area contributed by atoms with E-state index in [-0.39, 0.29) is 15.9 Å². The van der Waals surface area contributed by atoms with E-state index in [9.17, 15) is 13.2 Å². The number of hydrogen-bond acceptors (Lipinski definition) is 4. The van der Waals surface area contributed by atoms with Crippen molar-refractivity contribution in [1.29, 1.82) is 0 Å². The van der Waals surface area contributed by atoms with Crippen LogP contribution in [0.4, 0.5) is 5.69 Å². The highest BCUT2D eigenvalue weighted by atomic mass is 35.5. The number of furan rings is 1. The van der Waals surface area contributed by atoms with Crippen molar-refractivity contribution in [2.75, 3.05) is 18.4 Å². The summed E-state index contributed by atoms with van der Waals surface area (Å²) in [6, 6.07) is 9.06. The van der Waals surface area contributed by atoms with Crippen LogP contribution in [0.15, 0.2) is 45.7 Å². The van der Waals surface area contributed by atoms with Gasteiger partial charge in [-0.15, -0.1) is 0 Å². The molecule has 0 radical (unpaired) electrons. The number of benzene rings is 1. The fraction of sp³-hybridized carbons (Fsp3) is 0.353. The van der Waals surface area contributed by atoms with Crippen LogP contribution in [0.5, 0.6) is 0 Å². The van der Waals surface area contributed by atoms with E-state index >= 15 is 0 Å². The Morgan fingerprint density at radius 3 is 2.36 bits per heavy atom. The fourth-order valence-electron chi connectivity index (χ4n) is 2.71. The first-order valence-corrected chi connectivity index (χ1v) is 9.85. The summed E-state index contributed by atoms with van der Waals surface area (Å²) in [6.45, 7) is 3.22. The molecule has 0 aliphatic carbocycles. The van der Waals surface area contributed by atoms with Crippen LogP contribution in [0.2, 0.25) is 5.22 Å². The number of piperidine rings is 1. The number of nitrogens with zero attached hydrogens (tertiary/aromatic N) is 1. The van der Waals surface area contributed by atoms with E-state index in [0.29, 0.717) is 24.7 Å². The Kier molecular flexibility index (Phi) is 5.17. The van der Waals surface area contributed by atoms with Crippen LogP contribution in [0, 0.1) is 5.92 Å². The summed E-state index contributed by atoms with van der Waals surface area (Å²) < 4.78 is 31.9.